The number of hydrogen-bond acceptors (Lipinski definition) is 5. The van der Waals surface area contributed by atoms with Crippen molar-refractivity contribution in [2.45, 2.75) is 31.8 Å². The first-order valence-electron chi connectivity index (χ1n) is 6.60. The zero-order chi connectivity index (χ0) is 13.1. The number of allylic oxidation sites excluding steroid dienone is 1. The van der Waals surface area contributed by atoms with Gasteiger partial charge in [-0.3, -0.25) is 4.99 Å². The van der Waals surface area contributed by atoms with E-state index in [0.717, 1.165) is 51.9 Å². The van der Waals surface area contributed by atoms with Gasteiger partial charge in [0.25, 0.3) is 0 Å². The van der Waals surface area contributed by atoms with Crippen LogP contribution in [0.1, 0.15) is 25.7 Å². The smallest absolute Gasteiger partial charge is 0.0667 e. The van der Waals surface area contributed by atoms with E-state index >= 15 is 0 Å². The molecule has 1 heterocycles. The molecule has 102 valence electrons. The molecule has 1 aliphatic rings. The number of nitrogens with one attached hydrogen (secondary N) is 1. The fraction of sp³-hybridized carbons (Fsp3) is 0.692. The van der Waals surface area contributed by atoms with Crippen LogP contribution in [0.15, 0.2) is 22.4 Å². The molecule has 1 rings (SSSR count). The monoisotopic (exact) mass is 252 g/mol. The predicted octanol–water partition coefficient (Wildman–Crippen LogP) is 1.01. The van der Waals surface area contributed by atoms with Crippen LogP contribution < -0.4 is 5.43 Å². The molecule has 0 bridgehead atoms. The van der Waals surface area contributed by atoms with Crippen LogP contribution in [-0.2, 0) is 0 Å². The number of aliphatic hydroxyl groups is 1. The maximum Gasteiger partial charge on any atom is 0.0667 e. The molecule has 0 unspecified atom stereocenters. The average Bonchev–Trinajstić information content (AvgIpc) is 2.37. The number of piperidine rings is 1. The van der Waals surface area contributed by atoms with E-state index in [2.05, 4.69) is 27.1 Å². The van der Waals surface area contributed by atoms with Crippen LogP contribution in [0, 0.1) is 0 Å². The van der Waals surface area contributed by atoms with Crippen molar-refractivity contribution in [1.29, 1.82) is 0 Å². The van der Waals surface area contributed by atoms with Crippen molar-refractivity contribution in [3.63, 3.8) is 0 Å². The van der Waals surface area contributed by atoms with Crippen LogP contribution in [0.25, 0.3) is 0 Å². The molecular formula is C13H24N4O. The van der Waals surface area contributed by atoms with E-state index in [1.54, 1.807) is 18.5 Å². The number of unbranched alkanes of at least 4 members (excludes halogenated alkanes) is 1. The molecule has 0 aromatic heterocycles. The Kier molecular flexibility index (Phi) is 8.08. The summed E-state index contributed by atoms with van der Waals surface area (Å²) in [7, 11) is 0. The molecule has 1 atom stereocenters. The molecule has 0 radical (unpaired) electrons. The molecule has 1 fully saturated rings. The summed E-state index contributed by atoms with van der Waals surface area (Å²) >= 11 is 0. The van der Waals surface area contributed by atoms with Gasteiger partial charge in [-0.05, 0) is 51.6 Å². The third kappa shape index (κ3) is 7.19. The summed E-state index contributed by atoms with van der Waals surface area (Å²) < 4.78 is 0. The standard InChI is InChI=1S/C13H24N4O/c1-14-7-5-9-16-15-8-2-3-10-17-11-4-6-13(18)12-17/h5,7,9,13,15,18H,1-4,6,8,10-12H2/b7-5-,16-9-/t13-/m0/s1. The molecule has 0 amide bonds. The Labute approximate surface area is 109 Å². The van der Waals surface area contributed by atoms with Crippen molar-refractivity contribution >= 4 is 12.9 Å². The summed E-state index contributed by atoms with van der Waals surface area (Å²) in [5.41, 5.74) is 2.98. The molecule has 0 aliphatic carbocycles. The third-order valence-corrected chi connectivity index (χ3v) is 2.94. The maximum absolute atomic E-state index is 9.53. The number of hydrogen-bond donors (Lipinski definition) is 2. The van der Waals surface area contributed by atoms with E-state index in [1.165, 1.54) is 0 Å². The quantitative estimate of drug-likeness (QED) is 0.385. The minimum Gasteiger partial charge on any atom is -0.392 e. The number of β-amino-alcohol motifs (C(OH)–C–C–N with tert-alkyl or cyclic N) is 1. The molecule has 18 heavy (non-hydrogen) atoms. The molecule has 1 saturated heterocycles. The van der Waals surface area contributed by atoms with Gasteiger partial charge < -0.3 is 15.4 Å². The number of rotatable bonds is 8. The van der Waals surface area contributed by atoms with E-state index < -0.39 is 0 Å². The Bertz CT molecular complexity index is 278. The summed E-state index contributed by atoms with van der Waals surface area (Å²) in [5.74, 6) is 0. The molecule has 0 saturated carbocycles. The van der Waals surface area contributed by atoms with Crippen LogP contribution in [0.2, 0.25) is 0 Å². The Morgan fingerprint density at radius 1 is 1.44 bits per heavy atom. The maximum atomic E-state index is 9.53. The largest absolute Gasteiger partial charge is 0.392 e. The first kappa shape index (κ1) is 14.9. The van der Waals surface area contributed by atoms with Crippen LogP contribution in [-0.4, -0.2) is 55.2 Å². The first-order chi connectivity index (χ1) is 8.83. The second-order valence-electron chi connectivity index (χ2n) is 4.51. The van der Waals surface area contributed by atoms with Gasteiger partial charge in [0.15, 0.2) is 0 Å². The van der Waals surface area contributed by atoms with Crippen molar-refractivity contribution in [1.82, 2.24) is 10.3 Å². The average molecular weight is 252 g/mol. The molecule has 0 spiro atoms. The van der Waals surface area contributed by atoms with E-state index in [9.17, 15) is 5.11 Å². The predicted molar refractivity (Wildman–Crippen MR) is 76.1 cm³/mol. The molecule has 0 aromatic rings. The Balaban J connectivity index is 1.93. The van der Waals surface area contributed by atoms with Gasteiger partial charge in [0.05, 0.1) is 6.10 Å². The van der Waals surface area contributed by atoms with Crippen molar-refractivity contribution in [3.8, 4) is 0 Å². The van der Waals surface area contributed by atoms with Gasteiger partial charge in [0, 0.05) is 25.5 Å². The van der Waals surface area contributed by atoms with Gasteiger partial charge in [-0.15, -0.1) is 0 Å². The van der Waals surface area contributed by atoms with Gasteiger partial charge in [-0.25, -0.2) is 0 Å². The van der Waals surface area contributed by atoms with Gasteiger partial charge in [0.1, 0.15) is 0 Å². The van der Waals surface area contributed by atoms with Crippen molar-refractivity contribution in [2.75, 3.05) is 26.2 Å². The molecule has 0 aromatic carbocycles. The molecule has 5 nitrogen and oxygen atoms in total. The molecule has 1 aliphatic heterocycles. The number of likely N-dealkylation sites (tertiary alicyclic amines) is 1. The lowest BCUT2D eigenvalue weighted by Gasteiger charge is -2.29. The van der Waals surface area contributed by atoms with Crippen LogP contribution in [0.3, 0.4) is 0 Å². The number of aliphatic imine (C=N–C) groups is 1. The Morgan fingerprint density at radius 3 is 3.11 bits per heavy atom. The van der Waals surface area contributed by atoms with Crippen LogP contribution in [0.4, 0.5) is 0 Å². The SMILES string of the molecule is C=N/C=C\C=N/NCCCCN1CCC[C@H](O)C1. The van der Waals surface area contributed by atoms with Crippen LogP contribution >= 0.6 is 0 Å². The van der Waals surface area contributed by atoms with Gasteiger partial charge in [0.2, 0.25) is 0 Å². The molecule has 2 N–H and O–H groups in total. The lowest BCUT2D eigenvalue weighted by Crippen LogP contribution is -2.38. The second-order valence-corrected chi connectivity index (χ2v) is 4.51. The highest BCUT2D eigenvalue weighted by molar-refractivity contribution is 5.70. The zero-order valence-corrected chi connectivity index (χ0v) is 11.0. The highest BCUT2D eigenvalue weighted by Crippen LogP contribution is 2.10. The van der Waals surface area contributed by atoms with E-state index in [0.29, 0.717) is 0 Å². The molecular weight excluding hydrogens is 228 g/mol. The van der Waals surface area contributed by atoms with Gasteiger partial charge in [-0.2, -0.15) is 5.10 Å². The summed E-state index contributed by atoms with van der Waals surface area (Å²) in [5, 5.41) is 13.5. The Morgan fingerprint density at radius 2 is 2.33 bits per heavy atom. The lowest BCUT2D eigenvalue weighted by atomic mass is 10.1. The lowest BCUT2D eigenvalue weighted by molar-refractivity contribution is 0.0699. The third-order valence-electron chi connectivity index (χ3n) is 2.94. The zero-order valence-electron chi connectivity index (χ0n) is 11.0. The van der Waals surface area contributed by atoms with Gasteiger partial charge in [-0.1, -0.05) is 0 Å². The van der Waals surface area contributed by atoms with Crippen LogP contribution in [0.5, 0.6) is 0 Å². The normalized spacial score (nSPS) is 21.7. The minimum absolute atomic E-state index is 0.119. The number of hydrazone groups is 1. The van der Waals surface area contributed by atoms with Gasteiger partial charge >= 0.3 is 0 Å². The van der Waals surface area contributed by atoms with E-state index in [-0.39, 0.29) is 6.10 Å². The minimum atomic E-state index is -0.119. The van der Waals surface area contributed by atoms with E-state index in [4.69, 9.17) is 0 Å². The highest BCUT2D eigenvalue weighted by Gasteiger charge is 2.16. The number of aliphatic hydroxyl groups excluding tert-OH is 1. The van der Waals surface area contributed by atoms with Crippen molar-refractivity contribution in [3.05, 3.63) is 12.3 Å². The summed E-state index contributed by atoms with van der Waals surface area (Å²) in [6.45, 7) is 7.24. The summed E-state index contributed by atoms with van der Waals surface area (Å²) in [6.07, 6.45) is 9.17. The highest BCUT2D eigenvalue weighted by atomic mass is 16.3. The van der Waals surface area contributed by atoms with Crippen molar-refractivity contribution in [2.24, 2.45) is 10.1 Å². The number of nitrogens with zero attached hydrogens (tertiary/aromatic N) is 3. The van der Waals surface area contributed by atoms with Crippen molar-refractivity contribution < 1.29 is 5.11 Å². The second kappa shape index (κ2) is 9.79. The summed E-state index contributed by atoms with van der Waals surface area (Å²) in [4.78, 5) is 5.91. The summed E-state index contributed by atoms with van der Waals surface area (Å²) in [6, 6.07) is 0. The fourth-order valence-electron chi connectivity index (χ4n) is 2.03. The first-order valence-corrected chi connectivity index (χ1v) is 6.60. The Hall–Kier alpha value is -1.20. The van der Waals surface area contributed by atoms with E-state index in [1.807, 2.05) is 0 Å². The topological polar surface area (TPSA) is 60.2 Å². The molecule has 5 heteroatoms. The fourth-order valence-corrected chi connectivity index (χ4v) is 2.03.